The molecular weight excluding hydrogens is 116 g/mol. The molecule has 0 aromatic rings. The van der Waals surface area contributed by atoms with Crippen molar-refractivity contribution in [1.29, 1.82) is 0 Å². The molecule has 0 rings (SSSR count). The summed E-state index contributed by atoms with van der Waals surface area (Å²) in [7, 11) is 0. The fourth-order valence-electron chi connectivity index (χ4n) is 0.293. The van der Waals surface area contributed by atoms with Crippen LogP contribution in [0.4, 0.5) is 0 Å². The van der Waals surface area contributed by atoms with E-state index in [1.54, 1.807) is 6.92 Å². The molecule has 0 saturated carbocycles. The van der Waals surface area contributed by atoms with Crippen molar-refractivity contribution in [1.82, 2.24) is 0 Å². The molecule has 0 heterocycles. The minimum absolute atomic E-state index is 0.164. The molecule has 0 aromatic carbocycles. The summed E-state index contributed by atoms with van der Waals surface area (Å²) < 4.78 is 0. The average molecular weight is 128 g/mol. The van der Waals surface area contributed by atoms with Crippen molar-refractivity contribution >= 4 is 0 Å². The van der Waals surface area contributed by atoms with E-state index >= 15 is 0 Å². The van der Waals surface area contributed by atoms with Crippen molar-refractivity contribution in [3.8, 4) is 0 Å². The average Bonchev–Trinajstić information content (AvgIpc) is 1.63. The lowest BCUT2D eigenvalue weighted by molar-refractivity contribution is 1.17. The molecule has 0 aromatic heterocycles. The molecule has 4 heteroatoms. The van der Waals surface area contributed by atoms with Gasteiger partial charge in [0.2, 0.25) is 0 Å². The Balaban J connectivity index is 4.25. The zero-order valence-electron chi connectivity index (χ0n) is 5.39. The maximum Gasteiger partial charge on any atom is 0.0955 e. The van der Waals surface area contributed by atoms with Crippen molar-refractivity contribution in [2.75, 3.05) is 0 Å². The zero-order chi connectivity index (χ0) is 7.44. The first-order valence-electron chi connectivity index (χ1n) is 2.48. The van der Waals surface area contributed by atoms with Crippen LogP contribution in [0, 0.1) is 0 Å². The minimum Gasteiger partial charge on any atom is -0.401 e. The molecule has 0 aliphatic rings. The van der Waals surface area contributed by atoms with Crippen molar-refractivity contribution in [3.63, 3.8) is 0 Å². The van der Waals surface area contributed by atoms with Crippen LogP contribution in [-0.4, -0.2) is 0 Å². The number of allylic oxidation sites excluding steroid dienone is 2. The normalized spacial score (nSPS) is 12.1. The Morgan fingerprint density at radius 2 is 1.56 bits per heavy atom. The van der Waals surface area contributed by atoms with E-state index in [9.17, 15) is 0 Å². The number of rotatable bonds is 1. The fraction of sp³-hybridized carbons (Fsp3) is 0.200. The third-order valence-corrected chi connectivity index (χ3v) is 0.778. The predicted octanol–water partition coefficient (Wildman–Crippen LogP) is -1.11. The molecule has 52 valence electrons. The summed E-state index contributed by atoms with van der Waals surface area (Å²) in [4.78, 5) is 0. The van der Waals surface area contributed by atoms with E-state index in [1.807, 2.05) is 0 Å². The molecule has 0 unspecified atom stereocenters. The molecule has 0 saturated heterocycles. The maximum atomic E-state index is 5.34. The summed E-state index contributed by atoms with van der Waals surface area (Å²) in [6.45, 7) is 1.68. The van der Waals surface area contributed by atoms with Crippen LogP contribution in [-0.2, 0) is 0 Å². The van der Waals surface area contributed by atoms with E-state index in [0.29, 0.717) is 11.4 Å². The first-order valence-corrected chi connectivity index (χ1v) is 2.48. The molecule has 0 spiro atoms. The van der Waals surface area contributed by atoms with Crippen LogP contribution in [0.3, 0.4) is 0 Å². The van der Waals surface area contributed by atoms with Gasteiger partial charge in [0.1, 0.15) is 0 Å². The Bertz CT molecular complexity index is 148. The molecule has 4 nitrogen and oxygen atoms in total. The van der Waals surface area contributed by atoms with Gasteiger partial charge >= 0.3 is 0 Å². The molecule has 0 bridgehead atoms. The third kappa shape index (κ3) is 3.28. The highest BCUT2D eigenvalue weighted by Gasteiger charge is 1.86. The largest absolute Gasteiger partial charge is 0.401 e. The van der Waals surface area contributed by atoms with Gasteiger partial charge in [0.15, 0.2) is 0 Å². The molecular formula is C5H12N4. The van der Waals surface area contributed by atoms with E-state index in [1.165, 1.54) is 6.08 Å². The van der Waals surface area contributed by atoms with Gasteiger partial charge in [-0.2, -0.15) is 0 Å². The van der Waals surface area contributed by atoms with Crippen LogP contribution >= 0.6 is 0 Å². The van der Waals surface area contributed by atoms with Crippen molar-refractivity contribution < 1.29 is 0 Å². The Morgan fingerprint density at radius 3 is 1.67 bits per heavy atom. The summed E-state index contributed by atoms with van der Waals surface area (Å²) in [5.41, 5.74) is 21.7. The van der Waals surface area contributed by atoms with E-state index in [4.69, 9.17) is 22.9 Å². The topological polar surface area (TPSA) is 104 Å². The van der Waals surface area contributed by atoms with Gasteiger partial charge < -0.3 is 22.9 Å². The van der Waals surface area contributed by atoms with Crippen molar-refractivity contribution in [2.24, 2.45) is 22.9 Å². The van der Waals surface area contributed by atoms with Crippen LogP contribution in [0.1, 0.15) is 6.92 Å². The third-order valence-electron chi connectivity index (χ3n) is 0.778. The van der Waals surface area contributed by atoms with Crippen LogP contribution in [0.2, 0.25) is 0 Å². The highest BCUT2D eigenvalue weighted by molar-refractivity contribution is 5.21. The lowest BCUT2D eigenvalue weighted by Crippen LogP contribution is -2.12. The molecule has 8 N–H and O–H groups in total. The maximum absolute atomic E-state index is 5.34. The second-order valence-electron chi connectivity index (χ2n) is 1.78. The monoisotopic (exact) mass is 128 g/mol. The zero-order valence-corrected chi connectivity index (χ0v) is 5.39. The summed E-state index contributed by atoms with van der Waals surface area (Å²) in [5, 5.41) is 0. The van der Waals surface area contributed by atoms with Gasteiger partial charge in [-0.05, 0) is 6.92 Å². The Labute approximate surface area is 54.2 Å². The van der Waals surface area contributed by atoms with Gasteiger partial charge in [-0.1, -0.05) is 0 Å². The van der Waals surface area contributed by atoms with E-state index in [0.717, 1.165) is 0 Å². The molecule has 9 heavy (non-hydrogen) atoms. The van der Waals surface area contributed by atoms with Gasteiger partial charge in [-0.3, -0.25) is 0 Å². The summed E-state index contributed by atoms with van der Waals surface area (Å²) >= 11 is 0. The van der Waals surface area contributed by atoms with Gasteiger partial charge in [0, 0.05) is 11.8 Å². The SMILES string of the molecule is C/C(N)=C(\N)C=C(N)N. The van der Waals surface area contributed by atoms with E-state index in [-0.39, 0.29) is 5.82 Å². The van der Waals surface area contributed by atoms with Crippen LogP contribution in [0.15, 0.2) is 23.3 Å². The predicted molar refractivity (Wildman–Crippen MR) is 37.5 cm³/mol. The van der Waals surface area contributed by atoms with Gasteiger partial charge in [-0.25, -0.2) is 0 Å². The number of hydrogen-bond donors (Lipinski definition) is 4. The van der Waals surface area contributed by atoms with E-state index < -0.39 is 0 Å². The first kappa shape index (κ1) is 7.68. The molecule has 0 atom stereocenters. The summed E-state index contributed by atoms with van der Waals surface area (Å²) in [6.07, 6.45) is 1.41. The minimum atomic E-state index is 0.164. The van der Waals surface area contributed by atoms with Crippen LogP contribution in [0.25, 0.3) is 0 Å². The van der Waals surface area contributed by atoms with E-state index in [2.05, 4.69) is 0 Å². The number of nitrogens with two attached hydrogens (primary N) is 4. The second-order valence-corrected chi connectivity index (χ2v) is 1.78. The fourth-order valence-corrected chi connectivity index (χ4v) is 0.293. The highest BCUT2D eigenvalue weighted by Crippen LogP contribution is 1.90. The molecule has 0 aliphatic carbocycles. The smallest absolute Gasteiger partial charge is 0.0955 e. The van der Waals surface area contributed by atoms with Crippen LogP contribution in [0.5, 0.6) is 0 Å². The van der Waals surface area contributed by atoms with Crippen molar-refractivity contribution in [2.45, 2.75) is 6.92 Å². The Hall–Kier alpha value is -1.32. The van der Waals surface area contributed by atoms with Crippen LogP contribution < -0.4 is 22.9 Å². The summed E-state index contributed by atoms with van der Waals surface area (Å²) in [5.74, 6) is 0.164. The molecule has 0 aliphatic heterocycles. The quantitative estimate of drug-likeness (QED) is 0.336. The lowest BCUT2D eigenvalue weighted by Gasteiger charge is -1.95. The Morgan fingerprint density at radius 1 is 1.11 bits per heavy atom. The van der Waals surface area contributed by atoms with Gasteiger partial charge in [0.25, 0.3) is 0 Å². The first-order chi connectivity index (χ1) is 4.04. The molecule has 0 amide bonds. The molecule has 0 fully saturated rings. The summed E-state index contributed by atoms with van der Waals surface area (Å²) in [6, 6.07) is 0. The lowest BCUT2D eigenvalue weighted by atomic mass is 10.3. The van der Waals surface area contributed by atoms with Gasteiger partial charge in [-0.15, -0.1) is 0 Å². The second kappa shape index (κ2) is 2.86. The Kier molecular flexibility index (Phi) is 2.44. The van der Waals surface area contributed by atoms with Crippen molar-refractivity contribution in [3.05, 3.63) is 23.3 Å². The highest BCUT2D eigenvalue weighted by atomic mass is 14.8. The molecule has 0 radical (unpaired) electrons. The van der Waals surface area contributed by atoms with Gasteiger partial charge in [0.05, 0.1) is 11.5 Å². The number of hydrogen-bond acceptors (Lipinski definition) is 4. The standard InChI is InChI=1S/C5H12N4/c1-3(6)4(7)2-5(8)9/h2H,6-9H2,1H3/b4-3+.